The molecular weight excluding hydrogens is 206 g/mol. The average molecular weight is 213 g/mol. The maximum absolute atomic E-state index is 9.92. The Morgan fingerprint density at radius 1 is 1.20 bits per heavy atom. The van der Waals surface area contributed by atoms with Crippen LogP contribution in [0.25, 0.3) is 0 Å². The topological polar surface area (TPSA) is 124 Å². The summed E-state index contributed by atoms with van der Waals surface area (Å²) in [5.41, 5.74) is 4.55. The first-order valence-electron chi connectivity index (χ1n) is 3.56. The Kier molecular flexibility index (Phi) is 5.09. The maximum Gasteiger partial charge on any atom is 0.338 e. The van der Waals surface area contributed by atoms with E-state index in [1.54, 1.807) is 0 Å². The molecule has 0 radical (unpaired) electrons. The molecule has 7 heteroatoms. The molecule has 1 rings (SSSR count). The molecule has 0 spiro atoms. The zero-order valence-corrected chi connectivity index (χ0v) is 7.38. The number of carboxylic acid groups (broad SMARTS) is 1. The Balaban J connectivity index is 0.000000262. The van der Waals surface area contributed by atoms with E-state index in [1.807, 2.05) is 0 Å². The van der Waals surface area contributed by atoms with E-state index < -0.39 is 23.8 Å². The van der Waals surface area contributed by atoms with E-state index in [-0.39, 0.29) is 0 Å². The standard InChI is InChI=1S/C4H5NO3.C4H2O3/c5-3(6)1-2-4(7)8;5-3-1-2-4(6)7-3/h1-2H,(H2,5,6)(H,7,8);1-2H/b2-1-;. The van der Waals surface area contributed by atoms with Crippen molar-refractivity contribution < 1.29 is 29.0 Å². The van der Waals surface area contributed by atoms with E-state index in [0.29, 0.717) is 6.08 Å². The highest BCUT2D eigenvalue weighted by Crippen LogP contribution is 1.92. The number of carbonyl (C=O) groups excluding carboxylic acids is 3. The van der Waals surface area contributed by atoms with Crippen LogP contribution in [-0.4, -0.2) is 28.9 Å². The van der Waals surface area contributed by atoms with Crippen molar-refractivity contribution in [1.82, 2.24) is 0 Å². The van der Waals surface area contributed by atoms with Crippen LogP contribution in [0.4, 0.5) is 0 Å². The van der Waals surface area contributed by atoms with Crippen LogP contribution >= 0.6 is 0 Å². The molecule has 0 saturated heterocycles. The Hall–Kier alpha value is -2.44. The number of ether oxygens (including phenoxy) is 1. The summed E-state index contributed by atoms with van der Waals surface area (Å²) in [5, 5.41) is 7.87. The van der Waals surface area contributed by atoms with Crippen molar-refractivity contribution in [1.29, 1.82) is 0 Å². The van der Waals surface area contributed by atoms with Gasteiger partial charge in [-0.15, -0.1) is 0 Å². The molecule has 80 valence electrons. The first-order chi connectivity index (χ1) is 6.91. The minimum absolute atomic E-state index is 0.579. The number of aliphatic carboxylic acids is 1. The van der Waals surface area contributed by atoms with E-state index in [2.05, 4.69) is 10.5 Å². The van der Waals surface area contributed by atoms with Crippen molar-refractivity contribution in [3.05, 3.63) is 24.3 Å². The molecule has 0 bridgehead atoms. The third-order valence-electron chi connectivity index (χ3n) is 0.947. The van der Waals surface area contributed by atoms with Gasteiger partial charge in [0.1, 0.15) is 0 Å². The van der Waals surface area contributed by atoms with Gasteiger partial charge in [0.2, 0.25) is 5.91 Å². The van der Waals surface area contributed by atoms with E-state index in [1.165, 1.54) is 0 Å². The number of esters is 2. The summed E-state index contributed by atoms with van der Waals surface area (Å²) in [7, 11) is 0. The molecule has 1 heterocycles. The molecule has 0 aromatic carbocycles. The molecule has 0 fully saturated rings. The summed E-state index contributed by atoms with van der Waals surface area (Å²) in [6, 6.07) is 0. The van der Waals surface area contributed by atoms with Crippen LogP contribution in [0.2, 0.25) is 0 Å². The Labute approximate surface area is 83.8 Å². The minimum Gasteiger partial charge on any atom is -0.478 e. The smallest absolute Gasteiger partial charge is 0.338 e. The fraction of sp³-hybridized carbons (Fsp3) is 0. The van der Waals surface area contributed by atoms with Crippen LogP contribution in [0.3, 0.4) is 0 Å². The van der Waals surface area contributed by atoms with Gasteiger partial charge in [-0.3, -0.25) is 4.79 Å². The van der Waals surface area contributed by atoms with Gasteiger partial charge in [0.25, 0.3) is 0 Å². The third-order valence-corrected chi connectivity index (χ3v) is 0.947. The van der Waals surface area contributed by atoms with Crippen molar-refractivity contribution in [2.75, 3.05) is 0 Å². The predicted molar refractivity (Wildman–Crippen MR) is 46.2 cm³/mol. The first kappa shape index (κ1) is 12.6. The predicted octanol–water partition coefficient (Wildman–Crippen LogP) is -1.26. The fourth-order valence-corrected chi connectivity index (χ4v) is 0.457. The number of cyclic esters (lactones) is 2. The van der Waals surface area contributed by atoms with Crippen LogP contribution in [-0.2, 0) is 23.9 Å². The van der Waals surface area contributed by atoms with Crippen molar-refractivity contribution in [3.8, 4) is 0 Å². The number of primary amides is 1. The summed E-state index contributed by atoms with van der Waals surface area (Å²) in [6.07, 6.45) is 3.63. The van der Waals surface area contributed by atoms with Gasteiger partial charge < -0.3 is 15.6 Å². The third kappa shape index (κ3) is 7.91. The Morgan fingerprint density at radius 3 is 1.80 bits per heavy atom. The lowest BCUT2D eigenvalue weighted by Gasteiger charge is -1.80. The molecule has 1 amide bonds. The molecule has 1 aliphatic heterocycles. The van der Waals surface area contributed by atoms with Crippen LogP contribution in [0.5, 0.6) is 0 Å². The fourth-order valence-electron chi connectivity index (χ4n) is 0.457. The van der Waals surface area contributed by atoms with E-state index in [4.69, 9.17) is 5.11 Å². The van der Waals surface area contributed by atoms with E-state index in [9.17, 15) is 19.2 Å². The molecule has 0 aromatic heterocycles. The highest BCUT2D eigenvalue weighted by atomic mass is 16.6. The lowest BCUT2D eigenvalue weighted by molar-refractivity contribution is -0.150. The maximum atomic E-state index is 9.92. The van der Waals surface area contributed by atoms with Gasteiger partial charge in [0.15, 0.2) is 0 Å². The van der Waals surface area contributed by atoms with E-state index in [0.717, 1.165) is 18.2 Å². The number of amides is 1. The lowest BCUT2D eigenvalue weighted by Crippen LogP contribution is -2.06. The van der Waals surface area contributed by atoms with Crippen molar-refractivity contribution in [2.24, 2.45) is 5.73 Å². The van der Waals surface area contributed by atoms with Gasteiger partial charge in [-0.25, -0.2) is 14.4 Å². The summed E-state index contributed by atoms with van der Waals surface area (Å²) in [5.74, 6) is -3.09. The van der Waals surface area contributed by atoms with Crippen LogP contribution < -0.4 is 5.73 Å². The summed E-state index contributed by atoms with van der Waals surface area (Å²) in [4.78, 5) is 39.2. The van der Waals surface area contributed by atoms with Gasteiger partial charge in [-0.05, 0) is 0 Å². The molecular formula is C8H7NO6. The van der Waals surface area contributed by atoms with Crippen LogP contribution in [0.15, 0.2) is 24.3 Å². The Morgan fingerprint density at radius 2 is 1.67 bits per heavy atom. The molecule has 0 atom stereocenters. The van der Waals surface area contributed by atoms with E-state index >= 15 is 0 Å². The zero-order chi connectivity index (χ0) is 11.8. The molecule has 0 aromatic rings. The molecule has 1 aliphatic rings. The monoisotopic (exact) mass is 213 g/mol. The number of nitrogens with two attached hydrogens (primary N) is 1. The first-order valence-corrected chi connectivity index (χ1v) is 3.56. The van der Waals surface area contributed by atoms with Gasteiger partial charge >= 0.3 is 17.9 Å². The van der Waals surface area contributed by atoms with Crippen LogP contribution in [0, 0.1) is 0 Å². The number of hydrogen-bond acceptors (Lipinski definition) is 5. The highest BCUT2D eigenvalue weighted by Gasteiger charge is 2.10. The van der Waals surface area contributed by atoms with Crippen molar-refractivity contribution >= 4 is 23.8 Å². The van der Waals surface area contributed by atoms with Crippen molar-refractivity contribution in [3.63, 3.8) is 0 Å². The van der Waals surface area contributed by atoms with Crippen LogP contribution in [0.1, 0.15) is 0 Å². The number of carbonyl (C=O) groups is 4. The quantitative estimate of drug-likeness (QED) is 0.335. The molecule has 0 aliphatic carbocycles. The average Bonchev–Trinajstić information content (AvgIpc) is 2.47. The number of carboxylic acids is 1. The summed E-state index contributed by atoms with van der Waals surface area (Å²) < 4.78 is 3.97. The largest absolute Gasteiger partial charge is 0.478 e. The molecule has 7 nitrogen and oxygen atoms in total. The zero-order valence-electron chi connectivity index (χ0n) is 7.38. The second-order valence-corrected chi connectivity index (χ2v) is 2.15. The number of hydrogen-bond donors (Lipinski definition) is 2. The summed E-state index contributed by atoms with van der Waals surface area (Å²) in [6.45, 7) is 0. The molecule has 3 N–H and O–H groups in total. The van der Waals surface area contributed by atoms with Gasteiger partial charge in [0.05, 0.1) is 0 Å². The normalized spacial score (nSPS) is 13.3. The second kappa shape index (κ2) is 6.08. The lowest BCUT2D eigenvalue weighted by atomic mass is 10.5. The Bertz CT molecular complexity index is 322. The molecule has 0 unspecified atom stereocenters. The van der Waals surface area contributed by atoms with Gasteiger partial charge in [0, 0.05) is 24.3 Å². The minimum atomic E-state index is -1.18. The summed E-state index contributed by atoms with van der Waals surface area (Å²) >= 11 is 0. The highest BCUT2D eigenvalue weighted by molar-refractivity contribution is 6.04. The van der Waals surface area contributed by atoms with Gasteiger partial charge in [-0.1, -0.05) is 0 Å². The SMILES string of the molecule is NC(=O)/C=C\C(=O)O.O=C1C=CC(=O)O1. The second-order valence-electron chi connectivity index (χ2n) is 2.15. The molecule has 0 saturated carbocycles. The van der Waals surface area contributed by atoms with Crippen molar-refractivity contribution in [2.45, 2.75) is 0 Å². The number of rotatable bonds is 2. The molecule has 15 heavy (non-hydrogen) atoms. The van der Waals surface area contributed by atoms with Gasteiger partial charge in [-0.2, -0.15) is 0 Å².